The third-order valence-electron chi connectivity index (χ3n) is 4.70. The van der Waals surface area contributed by atoms with Gasteiger partial charge in [0.15, 0.2) is 11.6 Å². The van der Waals surface area contributed by atoms with Crippen molar-refractivity contribution in [3.8, 4) is 11.4 Å². The van der Waals surface area contributed by atoms with Gasteiger partial charge in [0.2, 0.25) is 11.0 Å². The average molecular weight is 385 g/mol. The molecule has 1 aliphatic carbocycles. The fourth-order valence-electron chi connectivity index (χ4n) is 2.80. The molecule has 1 aliphatic rings. The number of nitrogen functional groups attached to an aromatic ring is 1. The molecule has 0 radical (unpaired) electrons. The molecular formula is C19H24N6OS. The summed E-state index contributed by atoms with van der Waals surface area (Å²) in [6.07, 6.45) is 2.30. The van der Waals surface area contributed by atoms with Crippen LogP contribution in [0, 0.1) is 0 Å². The van der Waals surface area contributed by atoms with Gasteiger partial charge in [0.1, 0.15) is 0 Å². The minimum atomic E-state index is -0.0485. The van der Waals surface area contributed by atoms with Crippen LogP contribution in [0.25, 0.3) is 11.4 Å². The van der Waals surface area contributed by atoms with Crippen LogP contribution in [0.15, 0.2) is 33.9 Å². The number of nitrogens with zero attached hydrogens (tertiary/aromatic N) is 5. The van der Waals surface area contributed by atoms with E-state index in [0.29, 0.717) is 22.8 Å². The lowest BCUT2D eigenvalue weighted by molar-refractivity contribution is 0.374. The van der Waals surface area contributed by atoms with E-state index in [-0.39, 0.29) is 10.7 Å². The maximum Gasteiger partial charge on any atom is 0.239 e. The van der Waals surface area contributed by atoms with Crippen molar-refractivity contribution in [2.75, 3.05) is 5.84 Å². The van der Waals surface area contributed by atoms with Gasteiger partial charge in [0, 0.05) is 11.5 Å². The molecule has 1 atom stereocenters. The molecule has 0 unspecified atom stereocenters. The minimum absolute atomic E-state index is 0.0485. The van der Waals surface area contributed by atoms with E-state index in [9.17, 15) is 0 Å². The van der Waals surface area contributed by atoms with Crippen molar-refractivity contribution >= 4 is 11.8 Å². The van der Waals surface area contributed by atoms with Crippen molar-refractivity contribution in [3.05, 3.63) is 41.5 Å². The molecule has 1 fully saturated rings. The summed E-state index contributed by atoms with van der Waals surface area (Å²) in [6, 6.07) is 8.28. The molecule has 27 heavy (non-hydrogen) atoms. The van der Waals surface area contributed by atoms with Gasteiger partial charge in [-0.3, -0.25) is 0 Å². The molecule has 1 saturated carbocycles. The molecule has 0 aliphatic heterocycles. The highest BCUT2D eigenvalue weighted by Gasteiger charge is 2.30. The predicted octanol–water partition coefficient (Wildman–Crippen LogP) is 4.07. The van der Waals surface area contributed by atoms with Crippen molar-refractivity contribution in [1.29, 1.82) is 0 Å². The van der Waals surface area contributed by atoms with Gasteiger partial charge >= 0.3 is 0 Å². The molecule has 4 rings (SSSR count). The fourth-order valence-corrected chi connectivity index (χ4v) is 3.60. The van der Waals surface area contributed by atoms with Gasteiger partial charge in [-0.15, -0.1) is 10.2 Å². The SMILES string of the molecule is C[C@@H](Sc1nnc(-c2ccc(C(C)(C)C)cc2)n1N)c1nc(C2CC2)no1. The number of aromatic nitrogens is 5. The highest BCUT2D eigenvalue weighted by Crippen LogP contribution is 2.40. The minimum Gasteiger partial charge on any atom is -0.338 e. The maximum atomic E-state index is 6.25. The van der Waals surface area contributed by atoms with Crippen molar-refractivity contribution in [2.24, 2.45) is 0 Å². The van der Waals surface area contributed by atoms with Crippen LogP contribution in [-0.2, 0) is 5.41 Å². The Morgan fingerprint density at radius 1 is 1.19 bits per heavy atom. The first-order valence-electron chi connectivity index (χ1n) is 9.14. The topological polar surface area (TPSA) is 95.7 Å². The molecular weight excluding hydrogens is 360 g/mol. The van der Waals surface area contributed by atoms with Crippen LogP contribution in [0.2, 0.25) is 0 Å². The highest BCUT2D eigenvalue weighted by molar-refractivity contribution is 7.99. The number of benzene rings is 1. The van der Waals surface area contributed by atoms with Crippen molar-refractivity contribution < 1.29 is 4.52 Å². The Hall–Kier alpha value is -2.35. The number of hydrogen-bond acceptors (Lipinski definition) is 7. The zero-order chi connectivity index (χ0) is 19.2. The third-order valence-corrected chi connectivity index (χ3v) is 5.75. The van der Waals surface area contributed by atoms with E-state index in [4.69, 9.17) is 10.4 Å². The Kier molecular flexibility index (Phi) is 4.46. The van der Waals surface area contributed by atoms with Gasteiger partial charge in [-0.25, -0.2) is 4.68 Å². The number of hydrogen-bond donors (Lipinski definition) is 1. The number of rotatable bonds is 5. The van der Waals surface area contributed by atoms with E-state index in [1.807, 2.05) is 19.1 Å². The molecule has 7 nitrogen and oxygen atoms in total. The summed E-state index contributed by atoms with van der Waals surface area (Å²) in [5.41, 5.74) is 2.31. The Morgan fingerprint density at radius 2 is 1.89 bits per heavy atom. The van der Waals surface area contributed by atoms with Crippen molar-refractivity contribution in [3.63, 3.8) is 0 Å². The first kappa shape index (κ1) is 18.0. The first-order chi connectivity index (χ1) is 12.8. The lowest BCUT2D eigenvalue weighted by Gasteiger charge is -2.19. The molecule has 1 aromatic carbocycles. The molecule has 142 valence electrons. The molecule has 2 heterocycles. The largest absolute Gasteiger partial charge is 0.338 e. The summed E-state index contributed by atoms with van der Waals surface area (Å²) >= 11 is 1.46. The highest BCUT2D eigenvalue weighted by atomic mass is 32.2. The zero-order valence-electron chi connectivity index (χ0n) is 16.0. The van der Waals surface area contributed by atoms with Crippen LogP contribution < -0.4 is 5.84 Å². The molecule has 0 saturated heterocycles. The average Bonchev–Trinajstić information content (AvgIpc) is 3.25. The summed E-state index contributed by atoms with van der Waals surface area (Å²) in [5, 5.41) is 13.1. The van der Waals surface area contributed by atoms with Crippen molar-refractivity contribution in [2.45, 2.75) is 62.3 Å². The standard InChI is InChI=1S/C19H24N6OS/c1-11(17-21-15(24-26-17)12-5-6-12)27-18-23-22-16(25(18)20)13-7-9-14(10-8-13)19(2,3)4/h7-12H,5-6,20H2,1-4H3/t11-/m1/s1. The summed E-state index contributed by atoms with van der Waals surface area (Å²) in [7, 11) is 0. The van der Waals surface area contributed by atoms with Crippen LogP contribution in [0.5, 0.6) is 0 Å². The summed E-state index contributed by atoms with van der Waals surface area (Å²) < 4.78 is 6.92. The van der Waals surface area contributed by atoms with Crippen LogP contribution in [0.1, 0.15) is 69.0 Å². The molecule has 2 aromatic heterocycles. The van der Waals surface area contributed by atoms with Gasteiger partial charge in [-0.05, 0) is 30.7 Å². The van der Waals surface area contributed by atoms with E-state index in [1.165, 1.54) is 22.0 Å². The Morgan fingerprint density at radius 3 is 2.52 bits per heavy atom. The molecule has 0 bridgehead atoms. The quantitative estimate of drug-likeness (QED) is 0.523. The molecule has 0 spiro atoms. The van der Waals surface area contributed by atoms with E-state index in [0.717, 1.165) is 24.2 Å². The van der Waals surface area contributed by atoms with E-state index < -0.39 is 0 Å². The van der Waals surface area contributed by atoms with E-state index in [1.54, 1.807) is 0 Å². The van der Waals surface area contributed by atoms with Crippen molar-refractivity contribution in [1.82, 2.24) is 25.0 Å². The number of thioether (sulfide) groups is 1. The van der Waals surface area contributed by atoms with Gasteiger partial charge in [-0.1, -0.05) is 62.0 Å². The molecule has 3 aromatic rings. The second kappa shape index (κ2) is 6.67. The number of nitrogens with two attached hydrogens (primary N) is 1. The van der Waals surface area contributed by atoms with Crippen LogP contribution in [-0.4, -0.2) is 25.0 Å². The lowest BCUT2D eigenvalue weighted by atomic mass is 9.87. The van der Waals surface area contributed by atoms with Crippen LogP contribution in [0.3, 0.4) is 0 Å². The van der Waals surface area contributed by atoms with E-state index in [2.05, 4.69) is 53.2 Å². The fraction of sp³-hybridized carbons (Fsp3) is 0.474. The monoisotopic (exact) mass is 384 g/mol. The van der Waals surface area contributed by atoms with E-state index >= 15 is 0 Å². The smallest absolute Gasteiger partial charge is 0.239 e. The van der Waals surface area contributed by atoms with Gasteiger partial charge in [-0.2, -0.15) is 4.98 Å². The Labute approximate surface area is 162 Å². The second-order valence-electron chi connectivity index (χ2n) is 8.03. The Bertz CT molecular complexity index is 936. The maximum absolute atomic E-state index is 6.25. The van der Waals surface area contributed by atoms with Crippen LogP contribution in [0.4, 0.5) is 0 Å². The normalized spacial score (nSPS) is 15.9. The predicted molar refractivity (Wildman–Crippen MR) is 105 cm³/mol. The molecule has 0 amide bonds. The Balaban J connectivity index is 1.51. The lowest BCUT2D eigenvalue weighted by Crippen LogP contribution is -2.13. The summed E-state index contributed by atoms with van der Waals surface area (Å²) in [4.78, 5) is 4.50. The summed E-state index contributed by atoms with van der Waals surface area (Å²) in [6.45, 7) is 8.57. The third kappa shape index (κ3) is 3.71. The first-order valence-corrected chi connectivity index (χ1v) is 10.0. The molecule has 2 N–H and O–H groups in total. The second-order valence-corrected chi connectivity index (χ2v) is 9.34. The van der Waals surface area contributed by atoms with Crippen LogP contribution >= 0.6 is 11.8 Å². The molecule has 8 heteroatoms. The van der Waals surface area contributed by atoms with Gasteiger partial charge in [0.25, 0.3) is 0 Å². The van der Waals surface area contributed by atoms with Gasteiger partial charge in [0.05, 0.1) is 5.25 Å². The zero-order valence-corrected chi connectivity index (χ0v) is 16.8. The summed E-state index contributed by atoms with van der Waals surface area (Å²) in [5.74, 6) is 8.77. The van der Waals surface area contributed by atoms with Gasteiger partial charge < -0.3 is 10.4 Å².